The number of morpholine rings is 1. The third kappa shape index (κ3) is 4.14. The van der Waals surface area contributed by atoms with E-state index in [9.17, 15) is 14.9 Å². The van der Waals surface area contributed by atoms with Gasteiger partial charge in [0, 0.05) is 37.1 Å². The van der Waals surface area contributed by atoms with Crippen LogP contribution in [0.4, 0.5) is 11.4 Å². The van der Waals surface area contributed by atoms with Crippen LogP contribution >= 0.6 is 22.9 Å². The minimum absolute atomic E-state index is 0.0991. The van der Waals surface area contributed by atoms with Crippen LogP contribution in [0.5, 0.6) is 0 Å². The van der Waals surface area contributed by atoms with Crippen molar-refractivity contribution < 1.29 is 14.5 Å². The van der Waals surface area contributed by atoms with E-state index < -0.39 is 4.92 Å². The molecule has 2 aromatic rings. The SMILES string of the molecule is CN(Cc1ccc(Cl)s1)C(=O)c1cc([N+](=O)[O-])ccc1N1CCOCC1. The first kappa shape index (κ1) is 18.6. The smallest absolute Gasteiger partial charge is 0.270 e. The number of carbonyl (C=O) groups excluding carboxylic acids is 1. The van der Waals surface area contributed by atoms with Crippen molar-refractivity contribution in [3.05, 3.63) is 55.2 Å². The lowest BCUT2D eigenvalue weighted by Gasteiger charge is -2.31. The van der Waals surface area contributed by atoms with Crippen molar-refractivity contribution in [1.29, 1.82) is 0 Å². The Morgan fingerprint density at radius 2 is 2.08 bits per heavy atom. The summed E-state index contributed by atoms with van der Waals surface area (Å²) in [5, 5.41) is 11.2. The van der Waals surface area contributed by atoms with E-state index in [2.05, 4.69) is 0 Å². The molecule has 26 heavy (non-hydrogen) atoms. The quantitative estimate of drug-likeness (QED) is 0.572. The Balaban J connectivity index is 1.90. The number of anilines is 1. The van der Waals surface area contributed by atoms with Crippen molar-refractivity contribution in [2.45, 2.75) is 6.54 Å². The van der Waals surface area contributed by atoms with Gasteiger partial charge < -0.3 is 14.5 Å². The van der Waals surface area contributed by atoms with E-state index in [-0.39, 0.29) is 11.6 Å². The maximum Gasteiger partial charge on any atom is 0.270 e. The molecule has 0 spiro atoms. The molecule has 0 N–H and O–H groups in total. The van der Waals surface area contributed by atoms with Gasteiger partial charge in [-0.3, -0.25) is 14.9 Å². The summed E-state index contributed by atoms with van der Waals surface area (Å²) in [5.74, 6) is -0.264. The summed E-state index contributed by atoms with van der Waals surface area (Å²) >= 11 is 7.35. The molecule has 138 valence electrons. The average Bonchev–Trinajstić information content (AvgIpc) is 3.06. The van der Waals surface area contributed by atoms with E-state index in [0.717, 1.165) is 4.88 Å². The number of amides is 1. The van der Waals surface area contributed by atoms with Gasteiger partial charge in [0.05, 0.1) is 40.3 Å². The first-order valence-electron chi connectivity index (χ1n) is 8.06. The largest absolute Gasteiger partial charge is 0.378 e. The average molecular weight is 396 g/mol. The van der Waals surface area contributed by atoms with Gasteiger partial charge in [0.25, 0.3) is 11.6 Å². The minimum Gasteiger partial charge on any atom is -0.378 e. The monoisotopic (exact) mass is 395 g/mol. The number of nitrogens with zero attached hydrogens (tertiary/aromatic N) is 3. The molecule has 0 atom stereocenters. The van der Waals surface area contributed by atoms with Crippen LogP contribution in [-0.2, 0) is 11.3 Å². The van der Waals surface area contributed by atoms with Crippen LogP contribution in [0.2, 0.25) is 4.34 Å². The van der Waals surface area contributed by atoms with E-state index in [1.807, 2.05) is 11.0 Å². The number of thiophene rings is 1. The molecule has 0 radical (unpaired) electrons. The minimum atomic E-state index is -0.487. The Bertz CT molecular complexity index is 820. The molecule has 1 aromatic carbocycles. The molecule has 3 rings (SSSR count). The topological polar surface area (TPSA) is 75.9 Å². The summed E-state index contributed by atoms with van der Waals surface area (Å²) in [6, 6.07) is 8.08. The molecule has 9 heteroatoms. The van der Waals surface area contributed by atoms with Crippen LogP contribution in [0.3, 0.4) is 0 Å². The summed E-state index contributed by atoms with van der Waals surface area (Å²) in [4.78, 5) is 28.2. The zero-order valence-electron chi connectivity index (χ0n) is 14.2. The highest BCUT2D eigenvalue weighted by Gasteiger charge is 2.24. The molecular formula is C17H18ClN3O4S. The number of nitro benzene ring substituents is 1. The molecular weight excluding hydrogens is 378 g/mol. The van der Waals surface area contributed by atoms with Gasteiger partial charge in [-0.15, -0.1) is 11.3 Å². The van der Waals surface area contributed by atoms with Crippen LogP contribution in [0.15, 0.2) is 30.3 Å². The van der Waals surface area contributed by atoms with Gasteiger partial charge in [-0.2, -0.15) is 0 Å². The fraction of sp³-hybridized carbons (Fsp3) is 0.353. The van der Waals surface area contributed by atoms with E-state index >= 15 is 0 Å². The number of rotatable bonds is 5. The van der Waals surface area contributed by atoms with Gasteiger partial charge in [-0.1, -0.05) is 11.6 Å². The number of benzene rings is 1. The number of nitro groups is 1. The van der Waals surface area contributed by atoms with Crippen molar-refractivity contribution in [3.63, 3.8) is 0 Å². The van der Waals surface area contributed by atoms with Crippen LogP contribution in [0.25, 0.3) is 0 Å². The first-order chi connectivity index (χ1) is 12.5. The Labute approximate surface area is 159 Å². The van der Waals surface area contributed by atoms with Crippen molar-refractivity contribution in [3.8, 4) is 0 Å². The number of hydrogen-bond donors (Lipinski definition) is 0. The number of halogens is 1. The number of carbonyl (C=O) groups is 1. The maximum absolute atomic E-state index is 13.0. The molecule has 1 saturated heterocycles. The molecule has 1 aromatic heterocycles. The number of non-ortho nitro benzene ring substituents is 1. The predicted molar refractivity (Wildman–Crippen MR) is 101 cm³/mol. The predicted octanol–water partition coefficient (Wildman–Crippen LogP) is 3.42. The zero-order valence-corrected chi connectivity index (χ0v) is 15.8. The van der Waals surface area contributed by atoms with E-state index in [1.165, 1.54) is 23.5 Å². The second kappa shape index (κ2) is 8.03. The Hall–Kier alpha value is -2.16. The molecule has 1 aliphatic rings. The van der Waals surface area contributed by atoms with Gasteiger partial charge in [0.15, 0.2) is 0 Å². The fourth-order valence-corrected chi connectivity index (χ4v) is 3.98. The summed E-state index contributed by atoms with van der Waals surface area (Å²) in [6.45, 7) is 2.80. The Morgan fingerprint density at radius 3 is 2.69 bits per heavy atom. The molecule has 1 aliphatic heterocycles. The molecule has 1 fully saturated rings. The highest BCUT2D eigenvalue weighted by molar-refractivity contribution is 7.16. The first-order valence-corrected chi connectivity index (χ1v) is 9.26. The van der Waals surface area contributed by atoms with Gasteiger partial charge in [-0.05, 0) is 18.2 Å². The van der Waals surface area contributed by atoms with E-state index in [1.54, 1.807) is 24.1 Å². The normalized spacial score (nSPS) is 14.3. The molecule has 0 bridgehead atoms. The Kier molecular flexibility index (Phi) is 5.75. The van der Waals surface area contributed by atoms with Crippen molar-refractivity contribution >= 4 is 40.2 Å². The zero-order chi connectivity index (χ0) is 18.7. The Morgan fingerprint density at radius 1 is 1.35 bits per heavy atom. The standard InChI is InChI=1S/C17H18ClN3O4S/c1-19(11-13-3-5-16(18)26-13)17(22)14-10-12(21(23)24)2-4-15(14)20-6-8-25-9-7-20/h2-5,10H,6-9,11H2,1H3. The van der Waals surface area contributed by atoms with Crippen LogP contribution in [0.1, 0.15) is 15.2 Å². The summed E-state index contributed by atoms with van der Waals surface area (Å²) in [7, 11) is 1.68. The summed E-state index contributed by atoms with van der Waals surface area (Å²) in [5.41, 5.74) is 0.921. The molecule has 7 nitrogen and oxygen atoms in total. The fourth-order valence-electron chi connectivity index (χ4n) is 2.84. The van der Waals surface area contributed by atoms with Crippen LogP contribution in [-0.4, -0.2) is 49.1 Å². The molecule has 0 unspecified atom stereocenters. The van der Waals surface area contributed by atoms with Gasteiger partial charge >= 0.3 is 0 Å². The van der Waals surface area contributed by atoms with Crippen molar-refractivity contribution in [2.75, 3.05) is 38.3 Å². The lowest BCUT2D eigenvalue weighted by Crippen LogP contribution is -2.38. The van der Waals surface area contributed by atoms with Gasteiger partial charge in [0.1, 0.15) is 0 Å². The lowest BCUT2D eigenvalue weighted by atomic mass is 10.1. The van der Waals surface area contributed by atoms with Gasteiger partial charge in [0.2, 0.25) is 0 Å². The van der Waals surface area contributed by atoms with E-state index in [4.69, 9.17) is 16.3 Å². The third-order valence-electron chi connectivity index (χ3n) is 4.14. The molecule has 0 aliphatic carbocycles. The highest BCUT2D eigenvalue weighted by Crippen LogP contribution is 2.29. The van der Waals surface area contributed by atoms with E-state index in [0.29, 0.717) is 48.4 Å². The number of hydrogen-bond acceptors (Lipinski definition) is 6. The van der Waals surface area contributed by atoms with Crippen LogP contribution in [0, 0.1) is 10.1 Å². The molecule has 1 amide bonds. The second-order valence-electron chi connectivity index (χ2n) is 5.93. The van der Waals surface area contributed by atoms with Gasteiger partial charge in [-0.25, -0.2) is 0 Å². The van der Waals surface area contributed by atoms with Crippen LogP contribution < -0.4 is 4.90 Å². The highest BCUT2D eigenvalue weighted by atomic mass is 35.5. The summed E-state index contributed by atoms with van der Waals surface area (Å²) < 4.78 is 6.01. The molecule has 0 saturated carbocycles. The van der Waals surface area contributed by atoms with Crippen molar-refractivity contribution in [1.82, 2.24) is 4.90 Å². The second-order valence-corrected chi connectivity index (χ2v) is 7.72. The lowest BCUT2D eigenvalue weighted by molar-refractivity contribution is -0.384. The maximum atomic E-state index is 13.0. The third-order valence-corrected chi connectivity index (χ3v) is 5.36. The van der Waals surface area contributed by atoms with Crippen molar-refractivity contribution in [2.24, 2.45) is 0 Å². The number of ether oxygens (including phenoxy) is 1. The summed E-state index contributed by atoms with van der Waals surface area (Å²) in [6.07, 6.45) is 0. The molecule has 2 heterocycles.